The zero-order valence-corrected chi connectivity index (χ0v) is 11.6. The van der Waals surface area contributed by atoms with E-state index in [2.05, 4.69) is 4.74 Å². The predicted octanol–water partition coefficient (Wildman–Crippen LogP) is 2.80. The third kappa shape index (κ3) is 3.37. The van der Waals surface area contributed by atoms with Gasteiger partial charge in [-0.2, -0.15) is 8.78 Å². The maximum Gasteiger partial charge on any atom is 0.387 e. The van der Waals surface area contributed by atoms with E-state index in [1.54, 1.807) is 4.90 Å². The lowest BCUT2D eigenvalue weighted by Gasteiger charge is -2.33. The third-order valence-corrected chi connectivity index (χ3v) is 3.25. The van der Waals surface area contributed by atoms with Crippen molar-refractivity contribution in [1.29, 1.82) is 0 Å². The first-order valence-corrected chi connectivity index (χ1v) is 6.50. The number of morpholine rings is 1. The summed E-state index contributed by atoms with van der Waals surface area (Å²) in [5.41, 5.74) is 0.0338. The van der Waals surface area contributed by atoms with Gasteiger partial charge < -0.3 is 14.4 Å². The van der Waals surface area contributed by atoms with Gasteiger partial charge in [0.2, 0.25) is 0 Å². The predicted molar refractivity (Wildman–Crippen MR) is 69.4 cm³/mol. The van der Waals surface area contributed by atoms with E-state index in [4.69, 9.17) is 16.3 Å². The number of carbonyl (C=O) groups excluding carboxylic acids is 1. The van der Waals surface area contributed by atoms with Crippen LogP contribution in [0.5, 0.6) is 5.75 Å². The molecule has 1 amide bonds. The normalized spacial score (nSPS) is 19.2. The van der Waals surface area contributed by atoms with E-state index >= 15 is 0 Å². The first-order valence-electron chi connectivity index (χ1n) is 6.12. The van der Waals surface area contributed by atoms with Crippen LogP contribution in [0, 0.1) is 0 Å². The summed E-state index contributed by atoms with van der Waals surface area (Å²) in [5.74, 6) is -0.563. The number of benzene rings is 1. The second kappa shape index (κ2) is 6.37. The van der Waals surface area contributed by atoms with E-state index in [-0.39, 0.29) is 28.3 Å². The number of nitrogens with zero attached hydrogens (tertiary/aromatic N) is 1. The minimum absolute atomic E-state index is 0.0338. The van der Waals surface area contributed by atoms with E-state index in [1.807, 2.05) is 6.92 Å². The van der Waals surface area contributed by atoms with Crippen LogP contribution in [-0.2, 0) is 4.74 Å². The van der Waals surface area contributed by atoms with E-state index in [0.717, 1.165) is 0 Å². The summed E-state index contributed by atoms with van der Waals surface area (Å²) >= 11 is 5.83. The van der Waals surface area contributed by atoms with Crippen LogP contribution in [-0.4, -0.2) is 43.2 Å². The van der Waals surface area contributed by atoms with Gasteiger partial charge in [-0.15, -0.1) is 0 Å². The van der Waals surface area contributed by atoms with Crippen molar-refractivity contribution < 1.29 is 23.0 Å². The topological polar surface area (TPSA) is 38.8 Å². The summed E-state index contributed by atoms with van der Waals surface area (Å²) in [6.45, 7) is 0.0689. The average Bonchev–Trinajstić information content (AvgIpc) is 2.40. The Hall–Kier alpha value is -1.40. The van der Waals surface area contributed by atoms with Crippen LogP contribution in [0.1, 0.15) is 17.3 Å². The number of hydrogen-bond acceptors (Lipinski definition) is 3. The Balaban J connectivity index is 2.29. The standard InChI is InChI=1S/C13H14ClF2NO3/c1-8-7-19-5-4-17(8)12(18)10-6-9(14)2-3-11(10)20-13(15)16/h2-3,6,8,13H,4-5,7H2,1H3/t8-/m1/s1. The maximum absolute atomic E-state index is 12.5. The second-order valence-electron chi connectivity index (χ2n) is 4.44. The van der Waals surface area contributed by atoms with Gasteiger partial charge in [-0.05, 0) is 25.1 Å². The quantitative estimate of drug-likeness (QED) is 0.862. The zero-order valence-electron chi connectivity index (χ0n) is 10.8. The molecule has 0 aromatic heterocycles. The molecule has 1 aliphatic heterocycles. The Bertz CT molecular complexity index is 499. The molecule has 0 spiro atoms. The maximum atomic E-state index is 12.5. The molecule has 1 atom stereocenters. The monoisotopic (exact) mass is 305 g/mol. The van der Waals surface area contributed by atoms with Gasteiger partial charge >= 0.3 is 6.61 Å². The summed E-state index contributed by atoms with van der Waals surface area (Å²) in [6, 6.07) is 3.88. The molecule has 0 saturated carbocycles. The molecule has 0 N–H and O–H groups in total. The molecule has 0 bridgehead atoms. The molecule has 110 valence electrons. The Morgan fingerprint density at radius 2 is 2.30 bits per heavy atom. The first kappa shape index (κ1) is 15.0. The fourth-order valence-electron chi connectivity index (χ4n) is 2.05. The van der Waals surface area contributed by atoms with Crippen molar-refractivity contribution in [2.45, 2.75) is 19.6 Å². The third-order valence-electron chi connectivity index (χ3n) is 3.02. The highest BCUT2D eigenvalue weighted by atomic mass is 35.5. The minimum Gasteiger partial charge on any atom is -0.434 e. The number of alkyl halides is 2. The Labute approximate surface area is 120 Å². The van der Waals surface area contributed by atoms with Crippen LogP contribution in [0.15, 0.2) is 18.2 Å². The van der Waals surface area contributed by atoms with Crippen molar-refractivity contribution >= 4 is 17.5 Å². The molecule has 0 unspecified atom stereocenters. The van der Waals surface area contributed by atoms with Gasteiger partial charge in [0.1, 0.15) is 5.75 Å². The Morgan fingerprint density at radius 3 is 2.95 bits per heavy atom. The van der Waals surface area contributed by atoms with Crippen molar-refractivity contribution in [3.05, 3.63) is 28.8 Å². The molecule has 1 aromatic carbocycles. The molecule has 7 heteroatoms. The Kier molecular flexibility index (Phi) is 4.77. The average molecular weight is 306 g/mol. The number of carbonyl (C=O) groups is 1. The molecule has 1 saturated heterocycles. The first-order chi connectivity index (χ1) is 9.49. The Morgan fingerprint density at radius 1 is 1.55 bits per heavy atom. The summed E-state index contributed by atoms with van der Waals surface area (Å²) < 4.78 is 34.4. The van der Waals surface area contributed by atoms with Gasteiger partial charge in [-0.25, -0.2) is 0 Å². The molecule has 0 aliphatic carbocycles. The van der Waals surface area contributed by atoms with Gasteiger partial charge in [0.05, 0.1) is 24.8 Å². The highest BCUT2D eigenvalue weighted by molar-refractivity contribution is 6.31. The molecule has 4 nitrogen and oxygen atoms in total. The number of amides is 1. The second-order valence-corrected chi connectivity index (χ2v) is 4.88. The van der Waals surface area contributed by atoms with E-state index < -0.39 is 6.61 Å². The lowest BCUT2D eigenvalue weighted by molar-refractivity contribution is -0.0505. The molecule has 1 heterocycles. The zero-order chi connectivity index (χ0) is 14.7. The highest BCUT2D eigenvalue weighted by Crippen LogP contribution is 2.27. The van der Waals surface area contributed by atoms with Crippen molar-refractivity contribution in [1.82, 2.24) is 4.90 Å². The summed E-state index contributed by atoms with van der Waals surface area (Å²) in [6.07, 6.45) is 0. The van der Waals surface area contributed by atoms with Crippen LogP contribution >= 0.6 is 11.6 Å². The highest BCUT2D eigenvalue weighted by Gasteiger charge is 2.27. The lowest BCUT2D eigenvalue weighted by atomic mass is 10.1. The number of ether oxygens (including phenoxy) is 2. The number of hydrogen-bond donors (Lipinski definition) is 0. The van der Waals surface area contributed by atoms with Gasteiger partial charge in [0.15, 0.2) is 0 Å². The largest absolute Gasteiger partial charge is 0.434 e. The van der Waals surface area contributed by atoms with Crippen LogP contribution in [0.2, 0.25) is 5.02 Å². The van der Waals surface area contributed by atoms with Crippen LogP contribution in [0.3, 0.4) is 0 Å². The molecule has 0 radical (unpaired) electrons. The van der Waals surface area contributed by atoms with Crippen molar-refractivity contribution in [2.75, 3.05) is 19.8 Å². The van der Waals surface area contributed by atoms with Crippen LogP contribution in [0.4, 0.5) is 8.78 Å². The van der Waals surface area contributed by atoms with E-state index in [0.29, 0.717) is 19.8 Å². The number of halogens is 3. The van der Waals surface area contributed by atoms with Gasteiger partial charge in [-0.3, -0.25) is 4.79 Å². The number of rotatable bonds is 3. The van der Waals surface area contributed by atoms with E-state index in [1.165, 1.54) is 18.2 Å². The lowest BCUT2D eigenvalue weighted by Crippen LogP contribution is -2.47. The molecule has 2 rings (SSSR count). The SMILES string of the molecule is C[C@@H]1COCCN1C(=O)c1cc(Cl)ccc1OC(F)F. The molecular formula is C13H14ClF2NO3. The summed E-state index contributed by atoms with van der Waals surface area (Å²) in [7, 11) is 0. The summed E-state index contributed by atoms with van der Waals surface area (Å²) in [4.78, 5) is 14.0. The smallest absolute Gasteiger partial charge is 0.387 e. The van der Waals surface area contributed by atoms with Crippen molar-refractivity contribution in [3.8, 4) is 5.75 Å². The van der Waals surface area contributed by atoms with E-state index in [9.17, 15) is 13.6 Å². The van der Waals surface area contributed by atoms with Crippen molar-refractivity contribution in [2.24, 2.45) is 0 Å². The van der Waals surface area contributed by atoms with Crippen LogP contribution in [0.25, 0.3) is 0 Å². The molecule has 1 aromatic rings. The fourth-order valence-corrected chi connectivity index (χ4v) is 2.22. The summed E-state index contributed by atoms with van der Waals surface area (Å²) in [5, 5.41) is 0.288. The van der Waals surface area contributed by atoms with Crippen LogP contribution < -0.4 is 4.74 Å². The molecule has 20 heavy (non-hydrogen) atoms. The van der Waals surface area contributed by atoms with Gasteiger partial charge in [0.25, 0.3) is 5.91 Å². The van der Waals surface area contributed by atoms with Gasteiger partial charge in [0, 0.05) is 11.6 Å². The molecule has 1 aliphatic rings. The molecular weight excluding hydrogens is 292 g/mol. The minimum atomic E-state index is -3.00. The molecule has 1 fully saturated rings. The fraction of sp³-hybridized carbons (Fsp3) is 0.462. The van der Waals surface area contributed by atoms with Gasteiger partial charge in [-0.1, -0.05) is 11.6 Å². The van der Waals surface area contributed by atoms with Crippen molar-refractivity contribution in [3.63, 3.8) is 0 Å².